The maximum Gasteiger partial charge on any atom is 0.252 e. The Hall–Kier alpha value is -1.36. The molecule has 0 aromatic carbocycles. The van der Waals surface area contributed by atoms with Crippen LogP contribution in [-0.4, -0.2) is 16.1 Å². The van der Waals surface area contributed by atoms with Crippen LogP contribution in [0.3, 0.4) is 0 Å². The average molecular weight is 183 g/mol. The van der Waals surface area contributed by atoms with Crippen LogP contribution in [0.2, 0.25) is 0 Å². The standard InChI is InChI=1S/C8H13N3O2/c1-5(2)13-4-6-3-7(12)11-8(9)10-6/h3,5H,4H2,1-2H3,(H3,9,10,11,12). The summed E-state index contributed by atoms with van der Waals surface area (Å²) in [7, 11) is 0. The number of aromatic amines is 1. The fourth-order valence-electron chi connectivity index (χ4n) is 0.855. The van der Waals surface area contributed by atoms with Crippen molar-refractivity contribution in [3.05, 3.63) is 22.1 Å². The van der Waals surface area contributed by atoms with Gasteiger partial charge in [-0.2, -0.15) is 0 Å². The third-order valence-corrected chi connectivity index (χ3v) is 1.38. The second-order valence-corrected chi connectivity index (χ2v) is 2.98. The van der Waals surface area contributed by atoms with Gasteiger partial charge < -0.3 is 10.5 Å². The summed E-state index contributed by atoms with van der Waals surface area (Å²) in [5.41, 5.74) is 5.64. The number of aromatic nitrogens is 2. The van der Waals surface area contributed by atoms with Crippen LogP contribution in [0.25, 0.3) is 0 Å². The Morgan fingerprint density at radius 1 is 1.69 bits per heavy atom. The van der Waals surface area contributed by atoms with Gasteiger partial charge in [-0.15, -0.1) is 0 Å². The molecule has 0 aliphatic heterocycles. The fraction of sp³-hybridized carbons (Fsp3) is 0.500. The van der Waals surface area contributed by atoms with Crippen LogP contribution in [0.5, 0.6) is 0 Å². The van der Waals surface area contributed by atoms with E-state index in [1.165, 1.54) is 6.07 Å². The lowest BCUT2D eigenvalue weighted by Gasteiger charge is -2.06. The molecule has 0 fully saturated rings. The van der Waals surface area contributed by atoms with Crippen molar-refractivity contribution in [3.63, 3.8) is 0 Å². The van der Waals surface area contributed by atoms with Gasteiger partial charge in [0.2, 0.25) is 5.95 Å². The summed E-state index contributed by atoms with van der Waals surface area (Å²) >= 11 is 0. The predicted molar refractivity (Wildman–Crippen MR) is 49.2 cm³/mol. The summed E-state index contributed by atoms with van der Waals surface area (Å²) in [6.07, 6.45) is 0.113. The largest absolute Gasteiger partial charge is 0.373 e. The SMILES string of the molecule is CC(C)OCc1cc(=O)[nH]c(N)n1. The smallest absolute Gasteiger partial charge is 0.252 e. The number of hydrogen-bond acceptors (Lipinski definition) is 4. The third kappa shape index (κ3) is 3.25. The second-order valence-electron chi connectivity index (χ2n) is 2.98. The Kier molecular flexibility index (Phi) is 3.02. The van der Waals surface area contributed by atoms with Crippen LogP contribution < -0.4 is 11.3 Å². The summed E-state index contributed by atoms with van der Waals surface area (Å²) in [6.45, 7) is 4.14. The molecule has 0 atom stereocenters. The minimum Gasteiger partial charge on any atom is -0.373 e. The summed E-state index contributed by atoms with van der Waals surface area (Å²) in [4.78, 5) is 17.2. The number of ether oxygens (including phenoxy) is 1. The lowest BCUT2D eigenvalue weighted by atomic mass is 10.4. The Morgan fingerprint density at radius 2 is 2.38 bits per heavy atom. The van der Waals surface area contributed by atoms with E-state index in [9.17, 15) is 4.79 Å². The number of nitrogen functional groups attached to an aromatic ring is 1. The summed E-state index contributed by atoms with van der Waals surface area (Å²) in [5, 5.41) is 0. The molecule has 0 saturated carbocycles. The minimum absolute atomic E-state index is 0.113. The Morgan fingerprint density at radius 3 is 2.92 bits per heavy atom. The average Bonchev–Trinajstić information content (AvgIpc) is 1.99. The third-order valence-electron chi connectivity index (χ3n) is 1.38. The lowest BCUT2D eigenvalue weighted by Crippen LogP contribution is -2.13. The van der Waals surface area contributed by atoms with Crippen LogP contribution >= 0.6 is 0 Å². The first-order valence-corrected chi connectivity index (χ1v) is 4.05. The van der Waals surface area contributed by atoms with Crippen molar-refractivity contribution in [3.8, 4) is 0 Å². The maximum atomic E-state index is 10.9. The van der Waals surface area contributed by atoms with E-state index >= 15 is 0 Å². The van der Waals surface area contributed by atoms with Gasteiger partial charge in [-0.3, -0.25) is 9.78 Å². The van der Waals surface area contributed by atoms with E-state index < -0.39 is 0 Å². The van der Waals surface area contributed by atoms with Crippen LogP contribution in [0, 0.1) is 0 Å². The molecule has 0 aliphatic rings. The molecule has 0 aliphatic carbocycles. The molecule has 13 heavy (non-hydrogen) atoms. The molecule has 1 aromatic rings. The van der Waals surface area contributed by atoms with Crippen LogP contribution in [0.1, 0.15) is 19.5 Å². The van der Waals surface area contributed by atoms with E-state index in [2.05, 4.69) is 9.97 Å². The van der Waals surface area contributed by atoms with Crippen molar-refractivity contribution in [1.82, 2.24) is 9.97 Å². The van der Waals surface area contributed by atoms with Crippen molar-refractivity contribution in [2.45, 2.75) is 26.6 Å². The van der Waals surface area contributed by atoms with Crippen molar-refractivity contribution in [2.24, 2.45) is 0 Å². The van der Waals surface area contributed by atoms with Crippen molar-refractivity contribution < 1.29 is 4.74 Å². The Bertz CT molecular complexity index is 332. The van der Waals surface area contributed by atoms with E-state index in [1.54, 1.807) is 0 Å². The quantitative estimate of drug-likeness (QED) is 0.705. The predicted octanol–water partition coefficient (Wildman–Crippen LogP) is 0.277. The molecule has 0 amide bonds. The van der Waals surface area contributed by atoms with Gasteiger partial charge in [-0.05, 0) is 13.8 Å². The molecule has 72 valence electrons. The van der Waals surface area contributed by atoms with E-state index in [0.717, 1.165) is 0 Å². The van der Waals surface area contributed by atoms with Gasteiger partial charge >= 0.3 is 0 Å². The van der Waals surface area contributed by atoms with E-state index in [4.69, 9.17) is 10.5 Å². The van der Waals surface area contributed by atoms with Gasteiger partial charge in [-0.1, -0.05) is 0 Å². The highest BCUT2D eigenvalue weighted by molar-refractivity contribution is 5.16. The molecule has 0 spiro atoms. The molecule has 1 heterocycles. The molecule has 0 saturated heterocycles. The molecule has 1 rings (SSSR count). The fourth-order valence-corrected chi connectivity index (χ4v) is 0.855. The summed E-state index contributed by atoms with van der Waals surface area (Å²) in [6, 6.07) is 1.37. The normalized spacial score (nSPS) is 10.7. The summed E-state index contributed by atoms with van der Waals surface area (Å²) < 4.78 is 5.27. The zero-order valence-electron chi connectivity index (χ0n) is 7.70. The van der Waals surface area contributed by atoms with Gasteiger partial charge in [0.15, 0.2) is 0 Å². The molecule has 0 radical (unpaired) electrons. The van der Waals surface area contributed by atoms with Crippen LogP contribution in [-0.2, 0) is 11.3 Å². The topological polar surface area (TPSA) is 81.0 Å². The zero-order valence-corrected chi connectivity index (χ0v) is 7.70. The highest BCUT2D eigenvalue weighted by Gasteiger charge is 2.00. The first kappa shape index (κ1) is 9.73. The highest BCUT2D eigenvalue weighted by atomic mass is 16.5. The molecule has 0 bridgehead atoms. The Balaban J connectivity index is 2.72. The van der Waals surface area contributed by atoms with E-state index in [1.807, 2.05) is 13.8 Å². The van der Waals surface area contributed by atoms with Gasteiger partial charge in [0, 0.05) is 6.07 Å². The molecule has 1 aromatic heterocycles. The minimum atomic E-state index is -0.255. The zero-order chi connectivity index (χ0) is 9.84. The number of H-pyrrole nitrogens is 1. The van der Waals surface area contributed by atoms with E-state index in [-0.39, 0.29) is 17.6 Å². The second kappa shape index (κ2) is 4.04. The number of anilines is 1. The summed E-state index contributed by atoms with van der Waals surface area (Å²) in [5.74, 6) is 0.120. The molecular formula is C8H13N3O2. The monoisotopic (exact) mass is 183 g/mol. The van der Waals surface area contributed by atoms with E-state index in [0.29, 0.717) is 12.3 Å². The molecule has 3 N–H and O–H groups in total. The number of nitrogens with one attached hydrogen (secondary N) is 1. The first-order valence-electron chi connectivity index (χ1n) is 4.05. The molecule has 5 nitrogen and oxygen atoms in total. The number of hydrogen-bond donors (Lipinski definition) is 2. The Labute approximate surface area is 75.9 Å². The number of nitrogens with two attached hydrogens (primary N) is 1. The first-order chi connectivity index (χ1) is 6.08. The van der Waals surface area contributed by atoms with Crippen molar-refractivity contribution in [2.75, 3.05) is 5.73 Å². The van der Waals surface area contributed by atoms with Gasteiger partial charge in [0.1, 0.15) is 0 Å². The number of rotatable bonds is 3. The maximum absolute atomic E-state index is 10.9. The molecule has 0 unspecified atom stereocenters. The van der Waals surface area contributed by atoms with Gasteiger partial charge in [-0.25, -0.2) is 4.98 Å². The lowest BCUT2D eigenvalue weighted by molar-refractivity contribution is 0.0635. The molecule has 5 heteroatoms. The van der Waals surface area contributed by atoms with Crippen molar-refractivity contribution >= 4 is 5.95 Å². The number of nitrogens with zero attached hydrogens (tertiary/aromatic N) is 1. The van der Waals surface area contributed by atoms with Gasteiger partial charge in [0.05, 0.1) is 18.4 Å². The van der Waals surface area contributed by atoms with Crippen molar-refractivity contribution in [1.29, 1.82) is 0 Å². The molecular weight excluding hydrogens is 170 g/mol. The van der Waals surface area contributed by atoms with Gasteiger partial charge in [0.25, 0.3) is 5.56 Å². The van der Waals surface area contributed by atoms with Crippen LogP contribution in [0.4, 0.5) is 5.95 Å². The van der Waals surface area contributed by atoms with Crippen LogP contribution in [0.15, 0.2) is 10.9 Å². The highest BCUT2D eigenvalue weighted by Crippen LogP contribution is 1.98.